The molecule has 2 aliphatic heterocycles. The highest BCUT2D eigenvalue weighted by Crippen LogP contribution is 2.53. The number of piperidine rings is 1. The number of nitrogens with zero attached hydrogens (tertiary/aromatic N) is 1. The maximum absolute atomic E-state index is 12.3. The van der Waals surface area contributed by atoms with Crippen molar-refractivity contribution in [2.24, 2.45) is 0 Å². The average Bonchev–Trinajstić information content (AvgIpc) is 2.75. The Morgan fingerprint density at radius 1 is 1.26 bits per heavy atom. The molecule has 5 nitrogen and oxygen atoms in total. The minimum atomic E-state index is -0.870. The zero-order valence-corrected chi connectivity index (χ0v) is 13.5. The number of carbonyl (C=O) groups is 1. The summed E-state index contributed by atoms with van der Waals surface area (Å²) in [4.78, 5) is 14.1. The van der Waals surface area contributed by atoms with E-state index >= 15 is 0 Å². The molecule has 1 N–H and O–H groups in total. The summed E-state index contributed by atoms with van der Waals surface area (Å²) in [6, 6.07) is 7.84. The molecule has 1 saturated carbocycles. The molecule has 0 aromatic heterocycles. The molecule has 1 amide bonds. The average molecular weight is 317 g/mol. The molecule has 1 spiro atoms. The molecule has 1 aromatic rings. The Morgan fingerprint density at radius 2 is 2.00 bits per heavy atom. The van der Waals surface area contributed by atoms with Crippen molar-refractivity contribution in [1.82, 2.24) is 4.90 Å². The monoisotopic (exact) mass is 317 g/mol. The summed E-state index contributed by atoms with van der Waals surface area (Å²) in [6.07, 6.45) is 4.56. The van der Waals surface area contributed by atoms with Crippen LogP contribution in [0.1, 0.15) is 37.7 Å². The van der Waals surface area contributed by atoms with Crippen LogP contribution in [-0.2, 0) is 11.2 Å². The van der Waals surface area contributed by atoms with Gasteiger partial charge in [0.25, 0.3) is 0 Å². The highest BCUT2D eigenvalue weighted by molar-refractivity contribution is 5.73. The number of aliphatic hydroxyl groups is 1. The zero-order chi connectivity index (χ0) is 16.1. The third-order valence-electron chi connectivity index (χ3n) is 5.95. The fraction of sp³-hybridized carbons (Fsp3) is 0.611. The molecular weight excluding hydrogens is 294 g/mol. The maximum Gasteiger partial charge on any atom is 0.410 e. The van der Waals surface area contributed by atoms with Crippen molar-refractivity contribution in [2.75, 3.05) is 13.7 Å². The van der Waals surface area contributed by atoms with E-state index in [1.165, 1.54) is 0 Å². The van der Waals surface area contributed by atoms with Gasteiger partial charge in [-0.3, -0.25) is 0 Å². The van der Waals surface area contributed by atoms with Crippen LogP contribution in [0.25, 0.3) is 0 Å². The van der Waals surface area contributed by atoms with Gasteiger partial charge in [-0.2, -0.15) is 0 Å². The third-order valence-corrected chi connectivity index (χ3v) is 5.95. The zero-order valence-electron chi connectivity index (χ0n) is 13.5. The fourth-order valence-electron chi connectivity index (χ4n) is 4.68. The van der Waals surface area contributed by atoms with Crippen molar-refractivity contribution in [2.45, 2.75) is 55.8 Å². The van der Waals surface area contributed by atoms with E-state index in [-0.39, 0.29) is 12.1 Å². The number of rotatable bonds is 3. The Bertz CT molecular complexity index is 616. The van der Waals surface area contributed by atoms with Crippen LogP contribution in [0, 0.1) is 0 Å². The van der Waals surface area contributed by atoms with Gasteiger partial charge < -0.3 is 19.5 Å². The van der Waals surface area contributed by atoms with Crippen LogP contribution < -0.4 is 4.74 Å². The molecule has 3 atom stereocenters. The highest BCUT2D eigenvalue weighted by atomic mass is 16.6. The summed E-state index contributed by atoms with van der Waals surface area (Å²) < 4.78 is 11.0. The lowest BCUT2D eigenvalue weighted by molar-refractivity contribution is -0.186. The molecule has 0 unspecified atom stereocenters. The predicted molar refractivity (Wildman–Crippen MR) is 84.4 cm³/mol. The molecule has 3 fully saturated rings. The normalized spacial score (nSPS) is 35.7. The van der Waals surface area contributed by atoms with Crippen LogP contribution in [0.5, 0.6) is 5.75 Å². The number of methoxy groups -OCH3 is 1. The Hall–Kier alpha value is -1.75. The van der Waals surface area contributed by atoms with Crippen molar-refractivity contribution in [1.29, 1.82) is 0 Å². The summed E-state index contributed by atoms with van der Waals surface area (Å²) in [5.41, 5.74) is -0.473. The lowest BCUT2D eigenvalue weighted by Gasteiger charge is -2.52. The summed E-state index contributed by atoms with van der Waals surface area (Å²) in [5.74, 6) is 0.820. The lowest BCUT2D eigenvalue weighted by Crippen LogP contribution is -2.67. The van der Waals surface area contributed by atoms with Crippen molar-refractivity contribution < 1.29 is 19.4 Å². The second-order valence-corrected chi connectivity index (χ2v) is 7.01. The second-order valence-electron chi connectivity index (χ2n) is 7.01. The van der Waals surface area contributed by atoms with Gasteiger partial charge >= 0.3 is 6.09 Å². The molecule has 4 rings (SSSR count). The van der Waals surface area contributed by atoms with E-state index in [9.17, 15) is 9.90 Å². The van der Waals surface area contributed by atoms with Crippen molar-refractivity contribution in [3.8, 4) is 5.75 Å². The summed E-state index contributed by atoms with van der Waals surface area (Å²) >= 11 is 0. The lowest BCUT2D eigenvalue weighted by atomic mass is 9.63. The van der Waals surface area contributed by atoms with E-state index in [4.69, 9.17) is 9.47 Å². The van der Waals surface area contributed by atoms with Crippen molar-refractivity contribution in [3.63, 3.8) is 0 Å². The highest BCUT2D eigenvalue weighted by Gasteiger charge is 2.67. The van der Waals surface area contributed by atoms with E-state index in [1.54, 1.807) is 7.11 Å². The SMILES string of the molecule is COc1ccc(C[C@@H]2N3CC[C@]4(O)CCCC[C@@]24OC3=O)cc1. The Kier molecular flexibility index (Phi) is 3.30. The van der Waals surface area contributed by atoms with E-state index in [0.717, 1.165) is 37.0 Å². The van der Waals surface area contributed by atoms with Gasteiger partial charge in [-0.05, 0) is 49.8 Å². The maximum atomic E-state index is 12.3. The van der Waals surface area contributed by atoms with Crippen molar-refractivity contribution in [3.05, 3.63) is 29.8 Å². The molecule has 2 heterocycles. The molecule has 2 saturated heterocycles. The number of amides is 1. The van der Waals surface area contributed by atoms with Crippen LogP contribution >= 0.6 is 0 Å². The predicted octanol–water partition coefficient (Wildman–Crippen LogP) is 2.51. The Labute approximate surface area is 136 Å². The second kappa shape index (κ2) is 5.13. The number of carbonyl (C=O) groups excluding carboxylic acids is 1. The van der Waals surface area contributed by atoms with Crippen molar-refractivity contribution >= 4 is 6.09 Å². The van der Waals surface area contributed by atoms with Crippen LogP contribution in [0.2, 0.25) is 0 Å². The van der Waals surface area contributed by atoms with E-state index < -0.39 is 11.2 Å². The van der Waals surface area contributed by atoms with Gasteiger partial charge in [0, 0.05) is 6.54 Å². The first-order chi connectivity index (χ1) is 11.1. The molecule has 3 aliphatic rings. The number of ether oxygens (including phenoxy) is 2. The summed E-state index contributed by atoms with van der Waals surface area (Å²) in [7, 11) is 1.65. The minimum absolute atomic E-state index is 0.0811. The van der Waals surface area contributed by atoms with Crippen LogP contribution in [0.4, 0.5) is 4.79 Å². The smallest absolute Gasteiger partial charge is 0.410 e. The largest absolute Gasteiger partial charge is 0.497 e. The van der Waals surface area contributed by atoms with Crippen LogP contribution in [0.3, 0.4) is 0 Å². The fourth-order valence-corrected chi connectivity index (χ4v) is 4.68. The number of benzene rings is 1. The van der Waals surface area contributed by atoms with Gasteiger partial charge in [-0.15, -0.1) is 0 Å². The first-order valence-corrected chi connectivity index (χ1v) is 8.43. The number of hydrogen-bond acceptors (Lipinski definition) is 4. The topological polar surface area (TPSA) is 59.0 Å². The molecule has 5 heteroatoms. The van der Waals surface area contributed by atoms with Gasteiger partial charge in [0.2, 0.25) is 0 Å². The number of hydrogen-bond donors (Lipinski definition) is 1. The first kappa shape index (κ1) is 14.8. The number of fused-ring (bicyclic) bond motifs is 1. The Morgan fingerprint density at radius 3 is 2.74 bits per heavy atom. The van der Waals surface area contributed by atoms with Gasteiger partial charge in [-0.1, -0.05) is 18.6 Å². The quantitative estimate of drug-likeness (QED) is 0.930. The summed E-state index contributed by atoms with van der Waals surface area (Å²) in [5, 5.41) is 11.2. The molecule has 124 valence electrons. The molecule has 1 aliphatic carbocycles. The molecule has 1 aromatic carbocycles. The van der Waals surface area contributed by atoms with Gasteiger partial charge in [-0.25, -0.2) is 4.79 Å². The van der Waals surface area contributed by atoms with Gasteiger partial charge in [0.1, 0.15) is 11.4 Å². The standard InChI is InChI=1S/C18H23NO4/c1-22-14-6-4-13(5-7-14)12-15-18-9-3-2-8-17(18,21)10-11-19(15)16(20)23-18/h4-7,15,21H,2-3,8-12H2,1H3/t15-,17+,18+/m0/s1. The summed E-state index contributed by atoms with van der Waals surface area (Å²) in [6.45, 7) is 0.581. The van der Waals surface area contributed by atoms with Gasteiger partial charge in [0.05, 0.1) is 13.2 Å². The third kappa shape index (κ3) is 2.06. The molecule has 2 bridgehead atoms. The van der Waals surface area contributed by atoms with Crippen LogP contribution in [-0.4, -0.2) is 47.0 Å². The Balaban J connectivity index is 1.67. The minimum Gasteiger partial charge on any atom is -0.497 e. The first-order valence-electron chi connectivity index (χ1n) is 8.43. The van der Waals surface area contributed by atoms with Crippen LogP contribution in [0.15, 0.2) is 24.3 Å². The van der Waals surface area contributed by atoms with Gasteiger partial charge in [0.15, 0.2) is 5.60 Å². The molecular formula is C18H23NO4. The van der Waals surface area contributed by atoms with E-state index in [1.807, 2.05) is 29.2 Å². The molecule has 0 radical (unpaired) electrons. The molecule has 23 heavy (non-hydrogen) atoms. The van der Waals surface area contributed by atoms with E-state index in [0.29, 0.717) is 19.4 Å². The van der Waals surface area contributed by atoms with E-state index in [2.05, 4.69) is 0 Å².